The molecule has 3 heterocycles. The van der Waals surface area contributed by atoms with Gasteiger partial charge in [0.1, 0.15) is 4.83 Å². The fourth-order valence-electron chi connectivity index (χ4n) is 2.52. The van der Waals surface area contributed by atoms with Crippen LogP contribution in [0.1, 0.15) is 23.5 Å². The van der Waals surface area contributed by atoms with Crippen molar-refractivity contribution in [3.63, 3.8) is 0 Å². The molecule has 8 heteroatoms. The standard InChI is InChI=1S/C17H17N3O3S2/c1-17(2)22-10-6-5-9(7-11(10)23-17)18-14(21)12-8-13-15(24-12)19-16(25-13)20(3)4/h5-8H,1-4H3,(H,18,21). The minimum Gasteiger partial charge on any atom is -0.449 e. The number of nitrogens with zero attached hydrogens (tertiary/aromatic N) is 2. The maximum atomic E-state index is 12.5. The first kappa shape index (κ1) is 16.2. The summed E-state index contributed by atoms with van der Waals surface area (Å²) in [7, 11) is 3.91. The second-order valence-corrected chi connectivity index (χ2v) is 8.43. The average molecular weight is 375 g/mol. The van der Waals surface area contributed by atoms with Gasteiger partial charge in [-0.2, -0.15) is 0 Å². The maximum Gasteiger partial charge on any atom is 0.265 e. The highest BCUT2D eigenvalue weighted by molar-refractivity contribution is 7.29. The van der Waals surface area contributed by atoms with Crippen LogP contribution >= 0.6 is 22.7 Å². The van der Waals surface area contributed by atoms with Crippen molar-refractivity contribution in [2.24, 2.45) is 0 Å². The van der Waals surface area contributed by atoms with Crippen molar-refractivity contribution < 1.29 is 14.3 Å². The van der Waals surface area contributed by atoms with Crippen LogP contribution in [0, 0.1) is 0 Å². The van der Waals surface area contributed by atoms with E-state index in [2.05, 4.69) is 10.3 Å². The molecular weight excluding hydrogens is 358 g/mol. The molecule has 0 radical (unpaired) electrons. The van der Waals surface area contributed by atoms with Gasteiger partial charge in [-0.1, -0.05) is 11.3 Å². The van der Waals surface area contributed by atoms with Crippen molar-refractivity contribution in [1.82, 2.24) is 4.98 Å². The van der Waals surface area contributed by atoms with Crippen LogP contribution in [0.3, 0.4) is 0 Å². The lowest BCUT2D eigenvalue weighted by Gasteiger charge is -2.16. The predicted molar refractivity (Wildman–Crippen MR) is 102 cm³/mol. The Bertz CT molecular complexity index is 943. The first-order chi connectivity index (χ1) is 11.8. The van der Waals surface area contributed by atoms with Crippen molar-refractivity contribution in [3.05, 3.63) is 29.1 Å². The van der Waals surface area contributed by atoms with Gasteiger partial charge in [-0.3, -0.25) is 4.79 Å². The van der Waals surface area contributed by atoms with Crippen molar-refractivity contribution in [2.45, 2.75) is 19.6 Å². The van der Waals surface area contributed by atoms with Gasteiger partial charge >= 0.3 is 0 Å². The van der Waals surface area contributed by atoms with Crippen LogP contribution in [0.4, 0.5) is 10.8 Å². The second-order valence-electron chi connectivity index (χ2n) is 6.39. The Kier molecular flexibility index (Phi) is 3.62. The van der Waals surface area contributed by atoms with E-state index in [-0.39, 0.29) is 5.91 Å². The van der Waals surface area contributed by atoms with E-state index < -0.39 is 5.79 Å². The lowest BCUT2D eigenvalue weighted by atomic mass is 10.2. The lowest BCUT2D eigenvalue weighted by Crippen LogP contribution is -2.29. The fraction of sp³-hybridized carbons (Fsp3) is 0.294. The quantitative estimate of drug-likeness (QED) is 0.744. The Morgan fingerprint density at radius 3 is 2.64 bits per heavy atom. The molecule has 0 atom stereocenters. The van der Waals surface area contributed by atoms with Gasteiger partial charge < -0.3 is 19.7 Å². The van der Waals surface area contributed by atoms with Crippen LogP contribution in [0.5, 0.6) is 11.5 Å². The van der Waals surface area contributed by atoms with Gasteiger partial charge in [0.25, 0.3) is 5.91 Å². The number of ether oxygens (including phenoxy) is 2. The molecule has 0 unspecified atom stereocenters. The van der Waals surface area contributed by atoms with Crippen LogP contribution in [0.25, 0.3) is 9.53 Å². The number of amides is 1. The number of thiazole rings is 1. The molecule has 3 aromatic rings. The minimum atomic E-state index is -0.682. The summed E-state index contributed by atoms with van der Waals surface area (Å²) in [5.74, 6) is 0.478. The third-order valence-corrected chi connectivity index (χ3v) is 5.92. The minimum absolute atomic E-state index is 0.153. The molecule has 0 saturated heterocycles. The first-order valence-electron chi connectivity index (χ1n) is 7.72. The van der Waals surface area contributed by atoms with E-state index in [1.54, 1.807) is 29.5 Å². The third kappa shape index (κ3) is 3.03. The van der Waals surface area contributed by atoms with Gasteiger partial charge in [0.15, 0.2) is 16.6 Å². The SMILES string of the molecule is CN(C)c1nc2sc(C(=O)Nc3ccc4c(c3)OC(C)(C)O4)cc2s1. The summed E-state index contributed by atoms with van der Waals surface area (Å²) >= 11 is 2.97. The molecule has 0 bridgehead atoms. The number of rotatable bonds is 3. The number of fused-ring (bicyclic) bond motifs is 2. The molecule has 2 aromatic heterocycles. The summed E-state index contributed by atoms with van der Waals surface area (Å²) in [5.41, 5.74) is 0.670. The van der Waals surface area contributed by atoms with Gasteiger partial charge in [0, 0.05) is 39.7 Å². The molecule has 1 N–H and O–H groups in total. The third-order valence-electron chi connectivity index (χ3n) is 3.60. The van der Waals surface area contributed by atoms with Crippen molar-refractivity contribution in [1.29, 1.82) is 0 Å². The summed E-state index contributed by atoms with van der Waals surface area (Å²) in [5, 5.41) is 3.84. The molecule has 0 saturated carbocycles. The highest BCUT2D eigenvalue weighted by atomic mass is 32.1. The Balaban J connectivity index is 1.53. The zero-order valence-electron chi connectivity index (χ0n) is 14.2. The van der Waals surface area contributed by atoms with Crippen molar-refractivity contribution in [2.75, 3.05) is 24.3 Å². The largest absolute Gasteiger partial charge is 0.449 e. The molecule has 0 aliphatic carbocycles. The Hall–Kier alpha value is -2.32. The summed E-state index contributed by atoms with van der Waals surface area (Å²) in [6, 6.07) is 7.27. The Labute approximate surface area is 153 Å². The molecule has 25 heavy (non-hydrogen) atoms. The van der Waals surface area contributed by atoms with E-state index in [1.165, 1.54) is 11.3 Å². The van der Waals surface area contributed by atoms with E-state index in [4.69, 9.17) is 9.47 Å². The van der Waals surface area contributed by atoms with E-state index in [9.17, 15) is 4.79 Å². The van der Waals surface area contributed by atoms with Crippen LogP contribution in [-0.4, -0.2) is 30.8 Å². The van der Waals surface area contributed by atoms with Crippen LogP contribution in [0.15, 0.2) is 24.3 Å². The van der Waals surface area contributed by atoms with Crippen molar-refractivity contribution >= 4 is 48.9 Å². The Morgan fingerprint density at radius 1 is 1.16 bits per heavy atom. The molecule has 0 spiro atoms. The normalized spacial score (nSPS) is 14.7. The first-order valence-corrected chi connectivity index (χ1v) is 9.35. The highest BCUT2D eigenvalue weighted by Gasteiger charge is 2.31. The van der Waals surface area contributed by atoms with Crippen molar-refractivity contribution in [3.8, 4) is 11.5 Å². The van der Waals surface area contributed by atoms with E-state index in [1.807, 2.05) is 38.9 Å². The number of thiophene rings is 1. The molecule has 4 rings (SSSR count). The number of carbonyl (C=O) groups excluding carboxylic acids is 1. The molecule has 1 aliphatic rings. The van der Waals surface area contributed by atoms with Crippen LogP contribution < -0.4 is 19.7 Å². The molecule has 1 aliphatic heterocycles. The molecule has 130 valence electrons. The number of benzene rings is 1. The van der Waals surface area contributed by atoms with Gasteiger partial charge in [0.2, 0.25) is 5.79 Å². The summed E-state index contributed by atoms with van der Waals surface area (Å²) in [6.45, 7) is 3.69. The number of hydrogen-bond donors (Lipinski definition) is 1. The fourth-order valence-corrected chi connectivity index (χ4v) is 4.55. The maximum absolute atomic E-state index is 12.5. The smallest absolute Gasteiger partial charge is 0.265 e. The average Bonchev–Trinajstić information content (AvgIpc) is 3.15. The zero-order valence-corrected chi connectivity index (χ0v) is 15.9. The van der Waals surface area contributed by atoms with Gasteiger partial charge in [-0.25, -0.2) is 4.98 Å². The monoisotopic (exact) mass is 375 g/mol. The number of carbonyl (C=O) groups is 1. The second kappa shape index (κ2) is 5.60. The van der Waals surface area contributed by atoms with Crippen LogP contribution in [0.2, 0.25) is 0 Å². The molecule has 0 fully saturated rings. The van der Waals surface area contributed by atoms with E-state index in [0.29, 0.717) is 22.1 Å². The molecular formula is C17H17N3O3S2. The lowest BCUT2D eigenvalue weighted by molar-refractivity contribution is -0.0431. The summed E-state index contributed by atoms with van der Waals surface area (Å²) < 4.78 is 12.4. The summed E-state index contributed by atoms with van der Waals surface area (Å²) in [6.07, 6.45) is 0. The van der Waals surface area contributed by atoms with Crippen LogP contribution in [-0.2, 0) is 0 Å². The molecule has 6 nitrogen and oxygen atoms in total. The molecule has 1 aromatic carbocycles. The topological polar surface area (TPSA) is 63.7 Å². The number of aromatic nitrogens is 1. The van der Waals surface area contributed by atoms with E-state index >= 15 is 0 Å². The number of anilines is 2. The summed E-state index contributed by atoms with van der Waals surface area (Å²) in [4.78, 5) is 20.5. The number of nitrogens with one attached hydrogen (secondary N) is 1. The Morgan fingerprint density at radius 2 is 1.92 bits per heavy atom. The zero-order chi connectivity index (χ0) is 17.8. The van der Waals surface area contributed by atoms with Gasteiger partial charge in [0.05, 0.1) is 9.58 Å². The highest BCUT2D eigenvalue weighted by Crippen LogP contribution is 2.41. The predicted octanol–water partition coefficient (Wildman–Crippen LogP) is 4.18. The van der Waals surface area contributed by atoms with Gasteiger partial charge in [-0.05, 0) is 18.2 Å². The number of hydrogen-bond acceptors (Lipinski definition) is 7. The molecule has 1 amide bonds. The van der Waals surface area contributed by atoms with Gasteiger partial charge in [-0.15, -0.1) is 11.3 Å². The van der Waals surface area contributed by atoms with E-state index in [0.717, 1.165) is 14.7 Å².